The Hall–Kier alpha value is -0.0757. The van der Waals surface area contributed by atoms with E-state index in [-0.39, 0.29) is 5.41 Å². The third kappa shape index (κ3) is 8.65. The van der Waals surface area contributed by atoms with Crippen LogP contribution in [0.15, 0.2) is 30.3 Å². The number of phenols is 1. The fraction of sp³-hybridized carbons (Fsp3) is 0.520. The van der Waals surface area contributed by atoms with Crippen LogP contribution in [-0.2, 0) is 29.0 Å². The van der Waals surface area contributed by atoms with Gasteiger partial charge in [0.05, 0.1) is 0 Å². The van der Waals surface area contributed by atoms with Gasteiger partial charge in [-0.3, -0.25) is 4.90 Å². The Labute approximate surface area is 208 Å². The van der Waals surface area contributed by atoms with Crippen LogP contribution in [0.25, 0.3) is 0 Å². The van der Waals surface area contributed by atoms with Gasteiger partial charge in [0.2, 0.25) is 0 Å². The van der Waals surface area contributed by atoms with Crippen molar-refractivity contribution in [3.05, 3.63) is 52.6 Å². The van der Waals surface area contributed by atoms with Crippen molar-refractivity contribution in [2.45, 2.75) is 86.4 Å². The molecular formula is C25H38Cl2NOPTi. The van der Waals surface area contributed by atoms with E-state index in [1.165, 1.54) is 22.0 Å². The number of halogens is 2. The van der Waals surface area contributed by atoms with Crippen molar-refractivity contribution in [1.82, 2.24) is 4.90 Å². The van der Waals surface area contributed by atoms with Crippen molar-refractivity contribution in [1.29, 1.82) is 0 Å². The first kappa shape index (κ1) is 29.0. The number of benzene rings is 2. The van der Waals surface area contributed by atoms with Crippen molar-refractivity contribution in [3.8, 4) is 5.75 Å². The van der Waals surface area contributed by atoms with Crippen LogP contribution in [0, 0.1) is 13.8 Å². The normalized spacial score (nSPS) is 12.1. The average Bonchev–Trinajstić information content (AvgIpc) is 2.63. The van der Waals surface area contributed by atoms with E-state index in [0.717, 1.165) is 17.4 Å². The Morgan fingerprint density at radius 2 is 1.58 bits per heavy atom. The molecule has 0 aliphatic rings. The molecule has 2 aromatic rings. The second kappa shape index (κ2) is 13.0. The summed E-state index contributed by atoms with van der Waals surface area (Å²) in [5, 5.41) is 13.5. The van der Waals surface area contributed by atoms with Crippen molar-refractivity contribution in [3.63, 3.8) is 0 Å². The van der Waals surface area contributed by atoms with Crippen LogP contribution in [0.3, 0.4) is 0 Å². The van der Waals surface area contributed by atoms with E-state index in [9.17, 15) is 5.11 Å². The number of aryl methyl sites for hydroxylation is 2. The molecule has 0 heterocycles. The molecule has 0 aliphatic heterocycles. The van der Waals surface area contributed by atoms with Gasteiger partial charge in [0.1, 0.15) is 5.75 Å². The Morgan fingerprint density at radius 1 is 1.03 bits per heavy atom. The van der Waals surface area contributed by atoms with E-state index in [1.54, 1.807) is 0 Å². The van der Waals surface area contributed by atoms with E-state index in [1.807, 2.05) is 0 Å². The SMILES string of the molecule is Cc1cc(Pc2c(C)cccc2CN(C(C)C)C(C)C)c(O)c(C(C)(C)C)c1.[Cl][Ti][Cl]. The molecule has 2 rings (SSSR count). The molecule has 0 fully saturated rings. The molecule has 172 valence electrons. The van der Waals surface area contributed by atoms with E-state index in [0.29, 0.717) is 26.4 Å². The molecule has 6 heteroatoms. The number of phenolic OH excluding ortho intramolecular Hbond substituents is 1. The van der Waals surface area contributed by atoms with Gasteiger partial charge in [0.15, 0.2) is 0 Å². The van der Waals surface area contributed by atoms with Crippen LogP contribution >= 0.6 is 27.2 Å². The monoisotopic (exact) mass is 517 g/mol. The van der Waals surface area contributed by atoms with Crippen molar-refractivity contribution in [2.24, 2.45) is 0 Å². The molecule has 2 nitrogen and oxygen atoms in total. The van der Waals surface area contributed by atoms with Crippen LogP contribution in [0.4, 0.5) is 0 Å². The first-order valence-corrected chi connectivity index (χ1v) is 16.0. The number of hydrogen-bond acceptors (Lipinski definition) is 2. The maximum absolute atomic E-state index is 11.0. The summed E-state index contributed by atoms with van der Waals surface area (Å²) >= 11 is -0.556. The minimum atomic E-state index is -0.556. The molecule has 1 atom stereocenters. The van der Waals surface area contributed by atoms with E-state index < -0.39 is 17.0 Å². The molecule has 0 saturated carbocycles. The Kier molecular flexibility index (Phi) is 12.1. The average molecular weight is 518 g/mol. The van der Waals surface area contributed by atoms with Gasteiger partial charge >= 0.3 is 35.6 Å². The van der Waals surface area contributed by atoms with Gasteiger partial charge in [0, 0.05) is 29.5 Å². The Morgan fingerprint density at radius 3 is 2.06 bits per heavy atom. The third-order valence-corrected chi connectivity index (χ3v) is 6.98. The number of rotatable bonds is 6. The summed E-state index contributed by atoms with van der Waals surface area (Å²) in [6, 6.07) is 11.9. The summed E-state index contributed by atoms with van der Waals surface area (Å²) < 4.78 is 0. The first-order valence-electron chi connectivity index (χ1n) is 10.7. The molecule has 0 aliphatic carbocycles. The molecule has 0 saturated heterocycles. The third-order valence-electron chi connectivity index (χ3n) is 5.36. The zero-order valence-corrected chi connectivity index (χ0v) is 24.5. The molecule has 31 heavy (non-hydrogen) atoms. The van der Waals surface area contributed by atoms with E-state index in [4.69, 9.17) is 18.6 Å². The number of hydrogen-bond donors (Lipinski definition) is 1. The second-order valence-electron chi connectivity index (χ2n) is 9.62. The van der Waals surface area contributed by atoms with Crippen LogP contribution in [0.1, 0.15) is 70.7 Å². The van der Waals surface area contributed by atoms with Crippen molar-refractivity contribution in [2.75, 3.05) is 0 Å². The fourth-order valence-electron chi connectivity index (χ4n) is 3.78. The zero-order chi connectivity index (χ0) is 23.9. The van der Waals surface area contributed by atoms with Gasteiger partial charge in [-0.15, -0.1) is 0 Å². The quantitative estimate of drug-likeness (QED) is 0.331. The van der Waals surface area contributed by atoms with Crippen molar-refractivity contribution >= 4 is 37.8 Å². The van der Waals surface area contributed by atoms with E-state index >= 15 is 0 Å². The summed E-state index contributed by atoms with van der Waals surface area (Å²) in [7, 11) is 10.2. The van der Waals surface area contributed by atoms with Crippen molar-refractivity contribution < 1.29 is 22.1 Å². The summed E-state index contributed by atoms with van der Waals surface area (Å²) in [6.07, 6.45) is 0. The topological polar surface area (TPSA) is 23.5 Å². The summed E-state index contributed by atoms with van der Waals surface area (Å²) in [5.74, 6) is 0.468. The Balaban J connectivity index is 0.00000151. The molecule has 0 amide bonds. The Bertz CT molecular complexity index is 842. The number of nitrogens with zero attached hydrogens (tertiary/aromatic N) is 1. The van der Waals surface area contributed by atoms with E-state index in [2.05, 4.69) is 97.5 Å². The number of aromatic hydroxyl groups is 1. The summed E-state index contributed by atoms with van der Waals surface area (Å²) in [4.78, 5) is 2.53. The summed E-state index contributed by atoms with van der Waals surface area (Å²) in [6.45, 7) is 20.8. The molecule has 0 spiro atoms. The maximum atomic E-state index is 11.0. The predicted octanol–water partition coefficient (Wildman–Crippen LogP) is 6.93. The van der Waals surface area contributed by atoms with Gasteiger partial charge in [-0.2, -0.15) is 0 Å². The van der Waals surface area contributed by atoms with Crippen LogP contribution < -0.4 is 10.6 Å². The fourth-order valence-corrected chi connectivity index (χ4v) is 5.20. The first-order chi connectivity index (χ1) is 14.3. The molecular weight excluding hydrogens is 480 g/mol. The summed E-state index contributed by atoms with van der Waals surface area (Å²) in [5.41, 5.74) is 4.86. The molecule has 0 radical (unpaired) electrons. The van der Waals surface area contributed by atoms with Gasteiger partial charge in [0.25, 0.3) is 0 Å². The molecule has 2 aromatic carbocycles. The van der Waals surface area contributed by atoms with Crippen LogP contribution in [0.5, 0.6) is 5.75 Å². The van der Waals surface area contributed by atoms with Crippen LogP contribution in [0.2, 0.25) is 0 Å². The minimum absolute atomic E-state index is 0.0734. The molecule has 0 aromatic heterocycles. The van der Waals surface area contributed by atoms with Gasteiger partial charge in [-0.25, -0.2) is 0 Å². The zero-order valence-electron chi connectivity index (χ0n) is 20.4. The molecule has 1 unspecified atom stereocenters. The standard InChI is InChI=1S/C25H38NOP.2ClH.Ti/c1-16(2)26(17(3)4)15-20-12-10-11-19(6)24(20)28-22-14-18(5)13-21(23(22)27)25(7,8)9;;;/h10-14,16-17,27-28H,15H2,1-9H3;2*1H;/q;;;+2/p-2. The van der Waals surface area contributed by atoms with Crippen LogP contribution in [-0.4, -0.2) is 22.1 Å². The second-order valence-corrected chi connectivity index (χ2v) is 13.5. The van der Waals surface area contributed by atoms with Gasteiger partial charge in [-0.1, -0.05) is 53.6 Å². The molecule has 0 bridgehead atoms. The van der Waals surface area contributed by atoms with Gasteiger partial charge < -0.3 is 5.11 Å². The molecule has 1 N–H and O–H groups in total. The predicted molar refractivity (Wildman–Crippen MR) is 138 cm³/mol. The van der Waals surface area contributed by atoms with Gasteiger partial charge in [-0.05, 0) is 75.0 Å².